The summed E-state index contributed by atoms with van der Waals surface area (Å²) in [4.78, 5) is 11.2. The van der Waals surface area contributed by atoms with Crippen LogP contribution in [0.2, 0.25) is 5.02 Å². The Morgan fingerprint density at radius 3 is 2.96 bits per heavy atom. The van der Waals surface area contributed by atoms with E-state index in [0.29, 0.717) is 27.5 Å². The van der Waals surface area contributed by atoms with E-state index in [1.165, 1.54) is 18.7 Å². The first-order valence-electron chi connectivity index (χ1n) is 6.91. The smallest absolute Gasteiger partial charge is 0.222 e. The Kier molecular flexibility index (Phi) is 4.81. The summed E-state index contributed by atoms with van der Waals surface area (Å²) in [5.74, 6) is 1.09. The number of anilines is 1. The monoisotopic (exact) mass is 364 g/mol. The number of halogens is 1. The lowest BCUT2D eigenvalue weighted by molar-refractivity contribution is -0.114. The highest BCUT2D eigenvalue weighted by Gasteiger charge is 2.20. The first-order chi connectivity index (χ1) is 11.5. The fourth-order valence-corrected chi connectivity index (χ4v) is 3.07. The molecule has 10 heteroatoms. The van der Waals surface area contributed by atoms with Gasteiger partial charge in [0.15, 0.2) is 16.7 Å². The fourth-order valence-electron chi connectivity index (χ4n) is 2.01. The fraction of sp³-hybridized carbons (Fsp3) is 0.214. The van der Waals surface area contributed by atoms with Gasteiger partial charge in [-0.3, -0.25) is 4.79 Å². The van der Waals surface area contributed by atoms with Gasteiger partial charge in [-0.25, -0.2) is 4.63 Å². The summed E-state index contributed by atoms with van der Waals surface area (Å²) < 4.78 is 6.45. The molecule has 0 saturated heterocycles. The third-order valence-corrected chi connectivity index (χ3v) is 4.41. The first-order valence-corrected chi connectivity index (χ1v) is 8.28. The average Bonchev–Trinajstić information content (AvgIpc) is 3.11. The molecule has 8 nitrogen and oxygen atoms in total. The van der Waals surface area contributed by atoms with Gasteiger partial charge in [-0.05, 0) is 28.0 Å². The number of rotatable bonds is 5. The van der Waals surface area contributed by atoms with Crippen molar-refractivity contribution in [2.45, 2.75) is 17.8 Å². The van der Waals surface area contributed by atoms with Crippen LogP contribution < -0.4 is 5.32 Å². The normalized spacial score (nSPS) is 10.8. The van der Waals surface area contributed by atoms with Crippen LogP contribution in [0.25, 0.3) is 11.5 Å². The summed E-state index contributed by atoms with van der Waals surface area (Å²) in [6, 6.07) is 7.63. The van der Waals surface area contributed by atoms with Crippen molar-refractivity contribution in [3.8, 4) is 11.5 Å². The molecule has 1 amide bonds. The molecule has 1 aromatic carbocycles. The van der Waals surface area contributed by atoms with E-state index >= 15 is 0 Å². The van der Waals surface area contributed by atoms with Crippen LogP contribution in [0.15, 0.2) is 34.1 Å². The Morgan fingerprint density at radius 2 is 2.21 bits per heavy atom. The largest absolute Gasteiger partial charge is 0.306 e. The van der Waals surface area contributed by atoms with Crippen molar-refractivity contribution in [2.24, 2.45) is 7.05 Å². The highest BCUT2D eigenvalue weighted by Crippen LogP contribution is 2.27. The Balaban J connectivity index is 1.79. The molecule has 0 aliphatic carbocycles. The van der Waals surface area contributed by atoms with Crippen molar-refractivity contribution in [2.75, 3.05) is 5.32 Å². The van der Waals surface area contributed by atoms with E-state index in [-0.39, 0.29) is 11.7 Å². The van der Waals surface area contributed by atoms with E-state index in [9.17, 15) is 4.79 Å². The zero-order valence-electron chi connectivity index (χ0n) is 12.9. The van der Waals surface area contributed by atoms with Gasteiger partial charge in [0, 0.05) is 24.7 Å². The van der Waals surface area contributed by atoms with Crippen LogP contribution in [-0.2, 0) is 17.6 Å². The molecule has 0 aliphatic rings. The third-order valence-electron chi connectivity index (χ3n) is 3.09. The predicted molar refractivity (Wildman–Crippen MR) is 89.6 cm³/mol. The van der Waals surface area contributed by atoms with Crippen LogP contribution in [0.4, 0.5) is 5.82 Å². The maximum atomic E-state index is 11.2. The number of benzene rings is 1. The Morgan fingerprint density at radius 1 is 1.38 bits per heavy atom. The van der Waals surface area contributed by atoms with Gasteiger partial charge >= 0.3 is 0 Å². The van der Waals surface area contributed by atoms with E-state index < -0.39 is 0 Å². The second kappa shape index (κ2) is 7.02. The van der Waals surface area contributed by atoms with Crippen LogP contribution in [0.1, 0.15) is 12.5 Å². The number of aromatic nitrogens is 5. The number of thioether (sulfide) groups is 1. The number of nitrogens with zero attached hydrogens (tertiary/aromatic N) is 5. The Hall–Kier alpha value is -2.39. The zero-order chi connectivity index (χ0) is 17.1. The molecule has 2 heterocycles. The summed E-state index contributed by atoms with van der Waals surface area (Å²) in [5, 5.41) is 19.7. The van der Waals surface area contributed by atoms with Gasteiger partial charge in [-0.2, -0.15) is 0 Å². The molecule has 0 fully saturated rings. The molecular formula is C14H13ClN6O2S. The number of amides is 1. The van der Waals surface area contributed by atoms with E-state index in [1.54, 1.807) is 4.57 Å². The van der Waals surface area contributed by atoms with Crippen molar-refractivity contribution in [3.05, 3.63) is 34.9 Å². The number of carbonyl (C=O) groups excluding carboxylic acids is 1. The predicted octanol–water partition coefficient (Wildman–Crippen LogP) is 2.77. The Bertz CT molecular complexity index is 878. The zero-order valence-corrected chi connectivity index (χ0v) is 14.4. The molecule has 1 N–H and O–H groups in total. The summed E-state index contributed by atoms with van der Waals surface area (Å²) in [5.41, 5.74) is 1.41. The van der Waals surface area contributed by atoms with E-state index in [1.807, 2.05) is 31.3 Å². The molecule has 0 bridgehead atoms. The standard InChI is InChI=1S/C14H13ClN6O2S/c1-8(22)16-12-11(19-23-20-12)13-17-18-14(21(13)2)24-7-9-4-3-5-10(15)6-9/h3-6H,7H2,1-2H3,(H,16,20,22). The molecule has 0 atom stereocenters. The summed E-state index contributed by atoms with van der Waals surface area (Å²) in [6.45, 7) is 1.38. The summed E-state index contributed by atoms with van der Waals surface area (Å²) in [7, 11) is 1.81. The van der Waals surface area contributed by atoms with Crippen LogP contribution in [-0.4, -0.2) is 31.0 Å². The SMILES string of the molecule is CC(=O)Nc1nonc1-c1nnc(SCc2cccc(Cl)c2)n1C. The first kappa shape index (κ1) is 16.5. The van der Waals surface area contributed by atoms with Crippen molar-refractivity contribution < 1.29 is 9.42 Å². The van der Waals surface area contributed by atoms with Crippen LogP contribution in [0, 0.1) is 0 Å². The molecule has 0 unspecified atom stereocenters. The number of nitrogens with one attached hydrogen (secondary N) is 1. The number of hydrogen-bond acceptors (Lipinski definition) is 7. The van der Waals surface area contributed by atoms with Crippen LogP contribution in [0.5, 0.6) is 0 Å². The number of hydrogen-bond donors (Lipinski definition) is 1. The topological polar surface area (TPSA) is 98.7 Å². The lowest BCUT2D eigenvalue weighted by Crippen LogP contribution is -2.08. The van der Waals surface area contributed by atoms with Gasteiger partial charge in [-0.15, -0.1) is 10.2 Å². The molecule has 2 aromatic heterocycles. The Labute approximate surface area is 146 Å². The van der Waals surface area contributed by atoms with Gasteiger partial charge in [0.1, 0.15) is 0 Å². The van der Waals surface area contributed by atoms with Crippen molar-refractivity contribution >= 4 is 35.1 Å². The maximum Gasteiger partial charge on any atom is 0.222 e. The van der Waals surface area contributed by atoms with Gasteiger partial charge in [0.2, 0.25) is 11.7 Å². The molecule has 124 valence electrons. The summed E-state index contributed by atoms with van der Waals surface area (Å²) >= 11 is 7.50. The average molecular weight is 365 g/mol. The highest BCUT2D eigenvalue weighted by atomic mass is 35.5. The summed E-state index contributed by atoms with van der Waals surface area (Å²) in [6.07, 6.45) is 0. The maximum absolute atomic E-state index is 11.2. The van der Waals surface area contributed by atoms with E-state index in [4.69, 9.17) is 16.2 Å². The lowest BCUT2D eigenvalue weighted by atomic mass is 10.2. The van der Waals surface area contributed by atoms with Crippen molar-refractivity contribution in [1.82, 2.24) is 25.1 Å². The molecule has 3 rings (SSSR count). The minimum Gasteiger partial charge on any atom is -0.306 e. The minimum absolute atomic E-state index is 0.212. The second-order valence-electron chi connectivity index (χ2n) is 4.93. The third kappa shape index (κ3) is 3.57. The van der Waals surface area contributed by atoms with Crippen molar-refractivity contribution in [1.29, 1.82) is 0 Å². The van der Waals surface area contributed by atoms with E-state index in [0.717, 1.165) is 5.56 Å². The molecule has 24 heavy (non-hydrogen) atoms. The molecule has 0 aliphatic heterocycles. The molecule has 0 saturated carbocycles. The molecule has 3 aromatic rings. The quantitative estimate of drug-likeness (QED) is 0.695. The highest BCUT2D eigenvalue weighted by molar-refractivity contribution is 7.98. The molecular weight excluding hydrogens is 352 g/mol. The van der Waals surface area contributed by atoms with Gasteiger partial charge in [0.05, 0.1) is 0 Å². The second-order valence-corrected chi connectivity index (χ2v) is 6.31. The number of carbonyl (C=O) groups is 1. The van der Waals surface area contributed by atoms with Gasteiger partial charge in [-0.1, -0.05) is 35.5 Å². The van der Waals surface area contributed by atoms with E-state index in [2.05, 4.69) is 25.8 Å². The van der Waals surface area contributed by atoms with Gasteiger partial charge < -0.3 is 9.88 Å². The van der Waals surface area contributed by atoms with Crippen molar-refractivity contribution in [3.63, 3.8) is 0 Å². The lowest BCUT2D eigenvalue weighted by Gasteiger charge is -2.03. The van der Waals surface area contributed by atoms with Crippen LogP contribution >= 0.6 is 23.4 Å². The molecule has 0 spiro atoms. The van der Waals surface area contributed by atoms with Crippen LogP contribution in [0.3, 0.4) is 0 Å². The molecule has 0 radical (unpaired) electrons. The van der Waals surface area contributed by atoms with Gasteiger partial charge in [0.25, 0.3) is 0 Å². The minimum atomic E-state index is -0.273.